The summed E-state index contributed by atoms with van der Waals surface area (Å²) < 4.78 is 134. The summed E-state index contributed by atoms with van der Waals surface area (Å²) in [6, 6.07) is 50.6. The maximum absolute atomic E-state index is 12.2. The summed E-state index contributed by atoms with van der Waals surface area (Å²) >= 11 is 0. The molecule has 0 bridgehead atoms. The van der Waals surface area contributed by atoms with Crippen molar-refractivity contribution in [3.05, 3.63) is 250 Å². The van der Waals surface area contributed by atoms with E-state index in [4.69, 9.17) is 4.74 Å². The van der Waals surface area contributed by atoms with E-state index in [2.05, 4.69) is 30.2 Å². The van der Waals surface area contributed by atoms with Gasteiger partial charge in [-0.2, -0.15) is 0 Å². The van der Waals surface area contributed by atoms with Crippen LogP contribution in [0, 0.1) is 41.5 Å². The molecule has 0 aliphatic carbocycles. The number of rotatable bonds is 14. The molecule has 0 radical (unpaired) electrons. The second-order valence-corrected chi connectivity index (χ2v) is 29.1. The molecule has 0 heterocycles. The Morgan fingerprint density at radius 1 is 0.306 bits per heavy atom. The number of methoxy groups -OCH3 is 1. The molecule has 4 N–H and O–H groups in total. The third-order valence-electron chi connectivity index (χ3n) is 12.2. The maximum atomic E-state index is 12.2. The Bertz CT molecular complexity index is 4120. The van der Waals surface area contributed by atoms with Crippen LogP contribution in [0.25, 0.3) is 0 Å². The SMILES string of the molecule is COc1ccc(C(=O)NS(=O)(=O)c2ccc(C)cc2)cc1.Cc1ccc(C(=O)NS(=O)(=O)c2ccc(C)cc2)cc1.Cc1ccc(S(=O)(=O)NC(=O)c2ccc(C(C)(C)C)cc2)cc1.Cc1ccc(S(=O)(=O)NS(=O)(=O)c2ccc(C)cc2)cc1. The average Bonchev–Trinajstić information content (AvgIpc) is 3.37. The first kappa shape index (κ1) is 67.5. The van der Waals surface area contributed by atoms with Crippen LogP contribution in [0.1, 0.15) is 90.8 Å². The Balaban J connectivity index is 0.000000207. The third kappa shape index (κ3) is 20.2. The Labute approximate surface area is 499 Å². The zero-order valence-corrected chi connectivity index (χ0v) is 52.3. The Morgan fingerprint density at radius 3 is 0.729 bits per heavy atom. The Morgan fingerprint density at radius 2 is 0.506 bits per heavy atom. The highest BCUT2D eigenvalue weighted by Gasteiger charge is 2.25. The van der Waals surface area contributed by atoms with Crippen molar-refractivity contribution >= 4 is 67.8 Å². The number of nitrogens with one attached hydrogen (secondary N) is 4. The normalized spacial score (nSPS) is 11.6. The van der Waals surface area contributed by atoms with E-state index in [1.807, 2.05) is 58.4 Å². The highest BCUT2D eigenvalue weighted by Crippen LogP contribution is 2.23. The van der Waals surface area contributed by atoms with E-state index < -0.39 is 67.8 Å². The standard InChI is InChI=1S/C18H21NO3S.C15H15NO4S.C15H15NO3S.C14H15NO4S2/c1-13-5-11-16(12-6-13)23(21,22)19-17(20)14-7-9-15(10-8-14)18(2,3)4;1-11-3-9-14(10-4-11)21(18,19)16-15(17)12-5-7-13(20-2)8-6-12;1-11-3-7-13(8-4-11)15(17)16-20(18,19)14-9-5-12(2)6-10-14;1-11-3-7-13(8-4-11)20(16,17)15-21(18,19)14-9-5-12(2)6-10-14/h5-12H,1-4H3,(H,19,20);3-10H,1-2H3,(H,16,17);3-10H,1-2H3,(H,16,17);3-10,15H,1-2H3. The lowest BCUT2D eigenvalue weighted by molar-refractivity contribution is 0.0972. The van der Waals surface area contributed by atoms with Crippen molar-refractivity contribution in [2.75, 3.05) is 7.11 Å². The Hall–Kier alpha value is -8.32. The second kappa shape index (κ2) is 28.5. The zero-order valence-electron chi connectivity index (χ0n) is 48.2. The molecule has 0 aromatic heterocycles. The summed E-state index contributed by atoms with van der Waals surface area (Å²) in [5, 5.41) is 0. The van der Waals surface area contributed by atoms with Crippen LogP contribution in [0.2, 0.25) is 0 Å². The van der Waals surface area contributed by atoms with Crippen LogP contribution >= 0.6 is 0 Å². The first-order valence-electron chi connectivity index (χ1n) is 25.8. The second-order valence-electron chi connectivity index (χ2n) is 20.4. The number of carbonyl (C=O) groups excluding carboxylic acids is 3. The first-order chi connectivity index (χ1) is 39.6. The molecule has 23 heteroatoms. The minimum absolute atomic E-state index is 0.0248. The predicted octanol–water partition coefficient (Wildman–Crippen LogP) is 9.93. The van der Waals surface area contributed by atoms with Gasteiger partial charge in [-0.05, 0) is 162 Å². The summed E-state index contributed by atoms with van der Waals surface area (Å²) in [5.41, 5.74) is 7.54. The molecule has 0 saturated carbocycles. The summed E-state index contributed by atoms with van der Waals surface area (Å²) in [4.78, 5) is 36.1. The molecule has 18 nitrogen and oxygen atoms in total. The molecule has 0 unspecified atom stereocenters. The van der Waals surface area contributed by atoms with Crippen molar-refractivity contribution in [2.45, 2.75) is 92.2 Å². The molecule has 0 aliphatic heterocycles. The van der Waals surface area contributed by atoms with Gasteiger partial charge in [0.1, 0.15) is 5.75 Å². The number of benzene rings is 8. The number of hydrogen-bond donors (Lipinski definition) is 4. The van der Waals surface area contributed by atoms with Crippen LogP contribution < -0.4 is 23.0 Å². The van der Waals surface area contributed by atoms with Crippen molar-refractivity contribution in [1.82, 2.24) is 18.3 Å². The summed E-state index contributed by atoms with van der Waals surface area (Å²) in [5.74, 6) is -1.36. The molecular weight excluding hydrogens is 1190 g/mol. The largest absolute Gasteiger partial charge is 0.497 e. The number of hydrogen-bond acceptors (Lipinski definition) is 14. The molecule has 448 valence electrons. The monoisotopic (exact) mass is 1250 g/mol. The molecular formula is C62H66N4O14S5. The first-order valence-corrected chi connectivity index (χ1v) is 33.2. The van der Waals surface area contributed by atoms with E-state index in [0.29, 0.717) is 16.9 Å². The van der Waals surface area contributed by atoms with Crippen LogP contribution in [-0.2, 0) is 55.5 Å². The molecule has 0 aliphatic rings. The fourth-order valence-electron chi connectivity index (χ4n) is 7.12. The molecule has 3 amide bonds. The highest BCUT2D eigenvalue weighted by molar-refractivity contribution is 8.04. The van der Waals surface area contributed by atoms with Gasteiger partial charge in [0.15, 0.2) is 0 Å². The lowest BCUT2D eigenvalue weighted by Gasteiger charge is -2.19. The fraction of sp³-hybridized carbons (Fsp3) is 0.177. The topological polar surface area (TPSA) is 279 Å². The van der Waals surface area contributed by atoms with Crippen molar-refractivity contribution in [1.29, 1.82) is 0 Å². The quantitative estimate of drug-likeness (QED) is 0.0789. The number of aryl methyl sites for hydroxylation is 6. The minimum Gasteiger partial charge on any atom is -0.497 e. The highest BCUT2D eigenvalue weighted by atomic mass is 32.3. The van der Waals surface area contributed by atoms with Gasteiger partial charge >= 0.3 is 0 Å². The third-order valence-corrected chi connectivity index (χ3v) is 19.8. The van der Waals surface area contributed by atoms with Crippen LogP contribution in [-0.4, -0.2) is 66.9 Å². The number of ether oxygens (including phenoxy) is 1. The van der Waals surface area contributed by atoms with Gasteiger partial charge in [0.05, 0.1) is 31.6 Å². The van der Waals surface area contributed by atoms with E-state index in [9.17, 15) is 56.5 Å². The van der Waals surface area contributed by atoms with E-state index in [1.165, 1.54) is 79.9 Å². The van der Waals surface area contributed by atoms with Gasteiger partial charge < -0.3 is 4.74 Å². The van der Waals surface area contributed by atoms with Crippen molar-refractivity contribution in [2.24, 2.45) is 0 Å². The van der Waals surface area contributed by atoms with Crippen LogP contribution in [0.3, 0.4) is 0 Å². The zero-order chi connectivity index (χ0) is 63.1. The average molecular weight is 1250 g/mol. The summed E-state index contributed by atoms with van der Waals surface area (Å²) in [6.07, 6.45) is 0. The number of carbonyl (C=O) groups is 3. The molecule has 0 saturated heterocycles. The summed E-state index contributed by atoms with van der Waals surface area (Å²) in [6.45, 7) is 17.3. The van der Waals surface area contributed by atoms with Gasteiger partial charge in [-0.25, -0.2) is 56.3 Å². The molecule has 8 aromatic rings. The van der Waals surface area contributed by atoms with Gasteiger partial charge in [0.2, 0.25) is 0 Å². The van der Waals surface area contributed by atoms with Crippen molar-refractivity contribution in [3.63, 3.8) is 0 Å². The number of amides is 3. The van der Waals surface area contributed by atoms with Gasteiger partial charge in [-0.15, -0.1) is 4.13 Å². The molecule has 8 rings (SSSR count). The van der Waals surface area contributed by atoms with Gasteiger partial charge in [0.25, 0.3) is 67.8 Å². The maximum Gasteiger partial charge on any atom is 0.265 e. The smallest absolute Gasteiger partial charge is 0.265 e. The van der Waals surface area contributed by atoms with Crippen LogP contribution in [0.15, 0.2) is 219 Å². The molecule has 0 fully saturated rings. The lowest BCUT2D eigenvalue weighted by Crippen LogP contribution is -2.30. The van der Waals surface area contributed by atoms with E-state index in [1.54, 1.807) is 113 Å². The fourth-order valence-corrected chi connectivity index (χ4v) is 13.0. The van der Waals surface area contributed by atoms with E-state index in [-0.39, 0.29) is 35.5 Å². The van der Waals surface area contributed by atoms with E-state index in [0.717, 1.165) is 38.9 Å². The Kier molecular flexibility index (Phi) is 22.6. The minimum atomic E-state index is -4.13. The van der Waals surface area contributed by atoms with Gasteiger partial charge in [-0.3, -0.25) is 14.4 Å². The molecule has 0 spiro atoms. The number of sulfonamides is 5. The molecule has 85 heavy (non-hydrogen) atoms. The van der Waals surface area contributed by atoms with E-state index >= 15 is 0 Å². The van der Waals surface area contributed by atoms with Gasteiger partial charge in [0, 0.05) is 16.7 Å². The van der Waals surface area contributed by atoms with Gasteiger partial charge in [-0.1, -0.05) is 139 Å². The predicted molar refractivity (Wildman–Crippen MR) is 327 cm³/mol. The van der Waals surface area contributed by atoms with Crippen LogP contribution in [0.4, 0.5) is 0 Å². The lowest BCUT2D eigenvalue weighted by atomic mass is 9.87. The molecule has 0 atom stereocenters. The van der Waals surface area contributed by atoms with Crippen molar-refractivity contribution in [3.8, 4) is 5.75 Å². The molecule has 8 aromatic carbocycles. The van der Waals surface area contributed by atoms with Crippen molar-refractivity contribution < 1.29 is 61.2 Å². The summed E-state index contributed by atoms with van der Waals surface area (Å²) in [7, 11) is -18.3. The van der Waals surface area contributed by atoms with Crippen LogP contribution in [0.5, 0.6) is 5.75 Å².